The van der Waals surface area contributed by atoms with Gasteiger partial charge >= 0.3 is 5.97 Å². The van der Waals surface area contributed by atoms with Gasteiger partial charge in [0.15, 0.2) is 5.82 Å². The Morgan fingerprint density at radius 3 is 2.67 bits per heavy atom. The Bertz CT molecular complexity index is 503. The molecule has 21 heavy (non-hydrogen) atoms. The minimum Gasteiger partial charge on any atom is -0.481 e. The second-order valence-electron chi connectivity index (χ2n) is 4.21. The molecule has 0 saturated carbocycles. The van der Waals surface area contributed by atoms with E-state index in [1.165, 1.54) is 0 Å². The molecule has 0 aromatic carbocycles. The number of rotatable bonds is 9. The first-order chi connectivity index (χ1) is 9.97. The first-order valence-corrected chi connectivity index (χ1v) is 7.42. The maximum Gasteiger partial charge on any atom is 0.303 e. The summed E-state index contributed by atoms with van der Waals surface area (Å²) in [6.07, 6.45) is 0.407. The SMILES string of the molecule is Cc1cc(NC(=O)CSCC(=O)NCCCC(=O)O)no1. The molecule has 0 unspecified atom stereocenters. The average Bonchev–Trinajstić information content (AvgIpc) is 2.80. The molecule has 0 bridgehead atoms. The van der Waals surface area contributed by atoms with E-state index in [0.29, 0.717) is 24.5 Å². The molecule has 1 aromatic rings. The van der Waals surface area contributed by atoms with Gasteiger partial charge in [-0.05, 0) is 13.3 Å². The van der Waals surface area contributed by atoms with Crippen molar-refractivity contribution < 1.29 is 24.0 Å². The van der Waals surface area contributed by atoms with Crippen molar-refractivity contribution in [1.29, 1.82) is 0 Å². The van der Waals surface area contributed by atoms with Gasteiger partial charge in [-0.2, -0.15) is 0 Å². The molecule has 116 valence electrons. The van der Waals surface area contributed by atoms with Crippen LogP contribution in [0.5, 0.6) is 0 Å². The third kappa shape index (κ3) is 7.98. The summed E-state index contributed by atoms with van der Waals surface area (Å²) in [7, 11) is 0. The molecule has 3 N–H and O–H groups in total. The predicted molar refractivity (Wildman–Crippen MR) is 77.1 cm³/mol. The van der Waals surface area contributed by atoms with Crippen molar-refractivity contribution in [1.82, 2.24) is 10.5 Å². The number of carbonyl (C=O) groups excluding carboxylic acids is 2. The van der Waals surface area contributed by atoms with Crippen molar-refractivity contribution in [2.45, 2.75) is 19.8 Å². The summed E-state index contributed by atoms with van der Waals surface area (Å²) in [5, 5.41) is 17.2. The van der Waals surface area contributed by atoms with Gasteiger partial charge in [-0.1, -0.05) is 5.16 Å². The van der Waals surface area contributed by atoms with Crippen LogP contribution in [-0.4, -0.2) is 46.1 Å². The fourth-order valence-electron chi connectivity index (χ4n) is 1.36. The van der Waals surface area contributed by atoms with Crippen LogP contribution in [0, 0.1) is 6.92 Å². The zero-order chi connectivity index (χ0) is 15.7. The van der Waals surface area contributed by atoms with E-state index in [-0.39, 0.29) is 29.7 Å². The highest BCUT2D eigenvalue weighted by Gasteiger charge is 2.08. The number of aliphatic carboxylic acids is 1. The monoisotopic (exact) mass is 315 g/mol. The number of nitrogens with zero attached hydrogens (tertiary/aromatic N) is 1. The first kappa shape index (κ1) is 17.0. The molecule has 1 rings (SSSR count). The number of thioether (sulfide) groups is 1. The van der Waals surface area contributed by atoms with E-state index in [1.807, 2.05) is 0 Å². The van der Waals surface area contributed by atoms with Crippen LogP contribution >= 0.6 is 11.8 Å². The molecule has 0 aliphatic heterocycles. The van der Waals surface area contributed by atoms with Crippen molar-refractivity contribution in [2.75, 3.05) is 23.4 Å². The van der Waals surface area contributed by atoms with Crippen LogP contribution in [-0.2, 0) is 14.4 Å². The van der Waals surface area contributed by atoms with Gasteiger partial charge in [0.2, 0.25) is 11.8 Å². The number of hydrogen-bond acceptors (Lipinski definition) is 6. The topological polar surface area (TPSA) is 122 Å². The maximum absolute atomic E-state index is 11.5. The maximum atomic E-state index is 11.5. The van der Waals surface area contributed by atoms with Crippen molar-refractivity contribution in [3.05, 3.63) is 11.8 Å². The normalized spacial score (nSPS) is 10.1. The van der Waals surface area contributed by atoms with E-state index in [2.05, 4.69) is 15.8 Å². The van der Waals surface area contributed by atoms with E-state index in [9.17, 15) is 14.4 Å². The van der Waals surface area contributed by atoms with Gasteiger partial charge in [-0.3, -0.25) is 14.4 Å². The van der Waals surface area contributed by atoms with Crippen molar-refractivity contribution in [2.24, 2.45) is 0 Å². The lowest BCUT2D eigenvalue weighted by Crippen LogP contribution is -2.27. The van der Waals surface area contributed by atoms with E-state index in [0.717, 1.165) is 11.8 Å². The minimum atomic E-state index is -0.890. The molecule has 8 nitrogen and oxygen atoms in total. The van der Waals surface area contributed by atoms with Gasteiger partial charge in [0.05, 0.1) is 11.5 Å². The van der Waals surface area contributed by atoms with E-state index >= 15 is 0 Å². The Labute approximate surface area is 125 Å². The summed E-state index contributed by atoms with van der Waals surface area (Å²) in [5.74, 6) is -0.192. The number of carboxylic acid groups (broad SMARTS) is 1. The average molecular weight is 315 g/mol. The third-order valence-electron chi connectivity index (χ3n) is 2.25. The van der Waals surface area contributed by atoms with Crippen LogP contribution in [0.3, 0.4) is 0 Å². The molecular formula is C12H17N3O5S. The highest BCUT2D eigenvalue weighted by molar-refractivity contribution is 8.00. The third-order valence-corrected chi connectivity index (χ3v) is 3.18. The number of aryl methyl sites for hydroxylation is 1. The smallest absolute Gasteiger partial charge is 0.303 e. The molecule has 1 heterocycles. The molecule has 0 saturated heterocycles. The van der Waals surface area contributed by atoms with Crippen molar-refractivity contribution in [3.63, 3.8) is 0 Å². The van der Waals surface area contributed by atoms with Gasteiger partial charge in [0.1, 0.15) is 5.76 Å². The highest BCUT2D eigenvalue weighted by atomic mass is 32.2. The second kappa shape index (κ2) is 9.01. The molecule has 0 fully saturated rings. The highest BCUT2D eigenvalue weighted by Crippen LogP contribution is 2.08. The van der Waals surface area contributed by atoms with Crippen molar-refractivity contribution in [3.8, 4) is 0 Å². The standard InChI is InChI=1S/C12H17N3O5S/c1-8-5-9(15-20-8)14-11(17)7-21-6-10(16)13-4-2-3-12(18)19/h5H,2-4,6-7H2,1H3,(H,13,16)(H,18,19)(H,14,15,17). The molecule has 0 spiro atoms. The fourth-order valence-corrected chi connectivity index (χ4v) is 2.01. The quantitative estimate of drug-likeness (QED) is 0.571. The number of anilines is 1. The lowest BCUT2D eigenvalue weighted by atomic mass is 10.3. The summed E-state index contributed by atoms with van der Waals surface area (Å²) < 4.78 is 4.80. The molecule has 2 amide bonds. The summed E-state index contributed by atoms with van der Waals surface area (Å²) in [5.41, 5.74) is 0. The van der Waals surface area contributed by atoms with E-state index < -0.39 is 5.97 Å². The Balaban J connectivity index is 2.08. The lowest BCUT2D eigenvalue weighted by Gasteiger charge is -2.04. The van der Waals surface area contributed by atoms with Crippen LogP contribution in [0.1, 0.15) is 18.6 Å². The van der Waals surface area contributed by atoms with Crippen LogP contribution in [0.4, 0.5) is 5.82 Å². The molecule has 0 radical (unpaired) electrons. The van der Waals surface area contributed by atoms with E-state index in [4.69, 9.17) is 9.63 Å². The lowest BCUT2D eigenvalue weighted by molar-refractivity contribution is -0.137. The van der Waals surface area contributed by atoms with Crippen LogP contribution < -0.4 is 10.6 Å². The second-order valence-corrected chi connectivity index (χ2v) is 5.20. The van der Waals surface area contributed by atoms with Gasteiger partial charge < -0.3 is 20.3 Å². The fraction of sp³-hybridized carbons (Fsp3) is 0.500. The summed E-state index contributed by atoms with van der Waals surface area (Å²) in [6.45, 7) is 2.03. The number of amides is 2. The Kier molecular flexibility index (Phi) is 7.30. The predicted octanol–water partition coefficient (Wildman–Crippen LogP) is 0.636. The summed E-state index contributed by atoms with van der Waals surface area (Å²) in [4.78, 5) is 33.2. The minimum absolute atomic E-state index is 0.0208. The molecule has 1 aromatic heterocycles. The van der Waals surface area contributed by atoms with Gasteiger partial charge in [-0.15, -0.1) is 11.8 Å². The van der Waals surface area contributed by atoms with Crippen molar-refractivity contribution >= 4 is 35.4 Å². The van der Waals surface area contributed by atoms with Gasteiger partial charge in [-0.25, -0.2) is 0 Å². The number of aromatic nitrogens is 1. The van der Waals surface area contributed by atoms with E-state index in [1.54, 1.807) is 13.0 Å². The van der Waals surface area contributed by atoms with Crippen LogP contribution in [0.25, 0.3) is 0 Å². The van der Waals surface area contributed by atoms with Crippen LogP contribution in [0.15, 0.2) is 10.6 Å². The number of carbonyl (C=O) groups is 3. The molecule has 0 aliphatic rings. The molecule has 0 aliphatic carbocycles. The summed E-state index contributed by atoms with van der Waals surface area (Å²) in [6, 6.07) is 1.59. The Morgan fingerprint density at radius 2 is 2.05 bits per heavy atom. The van der Waals surface area contributed by atoms with Gasteiger partial charge in [0, 0.05) is 19.0 Å². The summed E-state index contributed by atoms with van der Waals surface area (Å²) >= 11 is 1.16. The molecular weight excluding hydrogens is 298 g/mol. The molecule has 9 heteroatoms. The first-order valence-electron chi connectivity index (χ1n) is 6.27. The number of hydrogen-bond donors (Lipinski definition) is 3. The van der Waals surface area contributed by atoms with Crippen LogP contribution in [0.2, 0.25) is 0 Å². The zero-order valence-electron chi connectivity index (χ0n) is 11.5. The zero-order valence-corrected chi connectivity index (χ0v) is 12.4. The largest absolute Gasteiger partial charge is 0.481 e. The van der Waals surface area contributed by atoms with Gasteiger partial charge in [0.25, 0.3) is 0 Å². The Hall–Kier alpha value is -2.03. The number of carboxylic acids is 1. The molecule has 0 atom stereocenters. The Morgan fingerprint density at radius 1 is 1.33 bits per heavy atom. The number of nitrogens with one attached hydrogen (secondary N) is 2.